The molecule has 3 heterocycles. The number of allylic oxidation sites excluding steroid dienone is 6. The Morgan fingerprint density at radius 1 is 1.15 bits per heavy atom. The molecule has 0 spiro atoms. The molecule has 41 heavy (non-hydrogen) atoms. The van der Waals surface area contributed by atoms with E-state index >= 15 is 0 Å². The fourth-order valence-electron chi connectivity index (χ4n) is 5.12. The second kappa shape index (κ2) is 12.0. The van der Waals surface area contributed by atoms with Gasteiger partial charge in [0, 0.05) is 28.0 Å². The standard InChI is InChI=1S/C34H39FN4OS/c1-10-28(35)27(20(2)19-34(7,8)9)13-11-12-25-14-16-26(17-15-25)31-30-22(4)23(5)41-33(30)39-24(6)37-38-32(39)29(36-31)18-21(3)40/h10-11,13-17,29H,1-2,12,18-19H2,3-9H3/b13-11-,28-27-. The maximum absolute atomic E-state index is 14.6. The van der Waals surface area contributed by atoms with Crippen molar-refractivity contribution in [3.63, 3.8) is 0 Å². The van der Waals surface area contributed by atoms with Crippen LogP contribution in [0, 0.1) is 26.2 Å². The highest BCUT2D eigenvalue weighted by atomic mass is 32.1. The minimum absolute atomic E-state index is 0.00454. The molecule has 0 bridgehead atoms. The van der Waals surface area contributed by atoms with Crippen molar-refractivity contribution in [1.82, 2.24) is 14.8 Å². The van der Waals surface area contributed by atoms with Crippen molar-refractivity contribution in [3.05, 3.63) is 111 Å². The van der Waals surface area contributed by atoms with Gasteiger partial charge in [-0.2, -0.15) is 0 Å². The smallest absolute Gasteiger partial charge is 0.163 e. The minimum Gasteiger partial charge on any atom is -0.300 e. The van der Waals surface area contributed by atoms with Gasteiger partial charge in [-0.3, -0.25) is 14.4 Å². The zero-order valence-corrected chi connectivity index (χ0v) is 26.0. The number of aryl methyl sites for hydroxylation is 2. The van der Waals surface area contributed by atoms with Crippen LogP contribution in [0.1, 0.15) is 85.4 Å². The maximum atomic E-state index is 14.6. The molecule has 1 aliphatic rings. The van der Waals surface area contributed by atoms with Crippen molar-refractivity contribution in [2.75, 3.05) is 0 Å². The monoisotopic (exact) mass is 570 g/mol. The summed E-state index contributed by atoms with van der Waals surface area (Å²) in [5.41, 5.74) is 6.40. The van der Waals surface area contributed by atoms with Crippen molar-refractivity contribution in [3.8, 4) is 5.00 Å². The number of carbonyl (C=O) groups is 1. The third-order valence-corrected chi connectivity index (χ3v) is 8.34. The summed E-state index contributed by atoms with van der Waals surface area (Å²) in [4.78, 5) is 18.6. The number of hydrogen-bond donors (Lipinski definition) is 0. The van der Waals surface area contributed by atoms with Crippen molar-refractivity contribution in [2.24, 2.45) is 10.4 Å². The Balaban J connectivity index is 1.67. The Labute approximate surface area is 246 Å². The first-order chi connectivity index (χ1) is 19.3. The van der Waals surface area contributed by atoms with E-state index in [2.05, 4.69) is 86.8 Å². The van der Waals surface area contributed by atoms with Crippen LogP contribution >= 0.6 is 11.3 Å². The first-order valence-electron chi connectivity index (χ1n) is 13.9. The predicted octanol–water partition coefficient (Wildman–Crippen LogP) is 8.63. The molecule has 4 rings (SSSR count). The van der Waals surface area contributed by atoms with E-state index in [0.29, 0.717) is 24.2 Å². The molecule has 1 aliphatic heterocycles. The van der Waals surface area contributed by atoms with Crippen LogP contribution < -0.4 is 0 Å². The number of benzene rings is 1. The highest BCUT2D eigenvalue weighted by Gasteiger charge is 2.31. The van der Waals surface area contributed by atoms with Crippen LogP contribution in [0.4, 0.5) is 4.39 Å². The van der Waals surface area contributed by atoms with Gasteiger partial charge in [-0.1, -0.05) is 70.3 Å². The zero-order valence-electron chi connectivity index (χ0n) is 25.1. The Bertz CT molecular complexity index is 1590. The van der Waals surface area contributed by atoms with Crippen LogP contribution in [0.2, 0.25) is 0 Å². The summed E-state index contributed by atoms with van der Waals surface area (Å²) in [6.45, 7) is 21.8. The number of aromatic nitrogens is 3. The van der Waals surface area contributed by atoms with Gasteiger partial charge >= 0.3 is 0 Å². The van der Waals surface area contributed by atoms with E-state index in [1.807, 2.05) is 19.1 Å². The third-order valence-electron chi connectivity index (χ3n) is 7.15. The number of nitrogens with zero attached hydrogens (tertiary/aromatic N) is 4. The molecule has 3 aromatic rings. The van der Waals surface area contributed by atoms with Crippen molar-refractivity contribution in [2.45, 2.75) is 73.8 Å². The first-order valence-corrected chi connectivity index (χ1v) is 14.7. The maximum Gasteiger partial charge on any atom is 0.163 e. The average molecular weight is 571 g/mol. The molecule has 1 unspecified atom stereocenters. The normalized spacial score (nSPS) is 15.6. The number of aliphatic imine (C=N–C) groups is 1. The van der Waals surface area contributed by atoms with Crippen molar-refractivity contribution >= 4 is 22.8 Å². The van der Waals surface area contributed by atoms with Crippen LogP contribution in [0.3, 0.4) is 0 Å². The topological polar surface area (TPSA) is 60.1 Å². The summed E-state index contributed by atoms with van der Waals surface area (Å²) in [6, 6.07) is 7.87. The number of hydrogen-bond acceptors (Lipinski definition) is 5. The second-order valence-corrected chi connectivity index (χ2v) is 13.1. The van der Waals surface area contributed by atoms with Gasteiger partial charge in [-0.15, -0.1) is 21.5 Å². The van der Waals surface area contributed by atoms with E-state index in [0.717, 1.165) is 44.4 Å². The van der Waals surface area contributed by atoms with Gasteiger partial charge in [0.15, 0.2) is 5.82 Å². The summed E-state index contributed by atoms with van der Waals surface area (Å²) in [5, 5.41) is 9.80. The molecule has 0 saturated heterocycles. The highest BCUT2D eigenvalue weighted by molar-refractivity contribution is 7.15. The van der Waals surface area contributed by atoms with E-state index < -0.39 is 6.04 Å². The lowest BCUT2D eigenvalue weighted by Gasteiger charge is -2.20. The second-order valence-electron chi connectivity index (χ2n) is 11.9. The molecule has 0 fully saturated rings. The van der Waals surface area contributed by atoms with Gasteiger partial charge in [0.25, 0.3) is 0 Å². The van der Waals surface area contributed by atoms with Gasteiger partial charge in [0.05, 0.1) is 5.71 Å². The van der Waals surface area contributed by atoms with Gasteiger partial charge in [-0.25, -0.2) is 4.39 Å². The number of halogens is 1. The molecule has 0 saturated carbocycles. The number of rotatable bonds is 9. The van der Waals surface area contributed by atoms with E-state index in [9.17, 15) is 9.18 Å². The van der Waals surface area contributed by atoms with E-state index in [1.165, 1.54) is 11.0 Å². The number of thiophene rings is 1. The molecule has 0 amide bonds. The number of ketones is 1. The number of carbonyl (C=O) groups excluding carboxylic acids is 1. The van der Waals surface area contributed by atoms with Crippen LogP contribution in [-0.2, 0) is 11.2 Å². The average Bonchev–Trinajstić information content (AvgIpc) is 3.37. The van der Waals surface area contributed by atoms with E-state index in [1.54, 1.807) is 18.3 Å². The molecule has 1 aromatic carbocycles. The summed E-state index contributed by atoms with van der Waals surface area (Å²) in [7, 11) is 0. The first kappa shape index (κ1) is 30.3. The molecule has 0 aliphatic carbocycles. The molecule has 1 atom stereocenters. The SMILES string of the molecule is C=C/C(F)=C(\C=C/Cc1ccc(C2=NC(CC(C)=O)c3nnc(C)n3-c3sc(C)c(C)c32)cc1)C(=C)CC(C)(C)C. The number of fused-ring (bicyclic) bond motifs is 3. The fraction of sp³-hybridized carbons (Fsp3) is 0.353. The van der Waals surface area contributed by atoms with E-state index in [-0.39, 0.29) is 23.4 Å². The van der Waals surface area contributed by atoms with Crippen molar-refractivity contribution in [1.29, 1.82) is 0 Å². The van der Waals surface area contributed by atoms with Gasteiger partial charge in [0.2, 0.25) is 0 Å². The molecule has 5 nitrogen and oxygen atoms in total. The summed E-state index contributed by atoms with van der Waals surface area (Å²) in [5.74, 6) is 1.17. The zero-order chi connectivity index (χ0) is 30.1. The Morgan fingerprint density at radius 3 is 2.44 bits per heavy atom. The van der Waals surface area contributed by atoms with Gasteiger partial charge < -0.3 is 0 Å². The Hall–Kier alpha value is -3.71. The molecular weight excluding hydrogens is 531 g/mol. The number of Topliss-reactive ketones (excluding diaryl/α,β-unsaturated/α-hetero) is 1. The fourth-order valence-corrected chi connectivity index (χ4v) is 6.33. The molecule has 0 N–H and O–H groups in total. The van der Waals surface area contributed by atoms with Gasteiger partial charge in [0.1, 0.15) is 28.5 Å². The molecule has 2 aromatic heterocycles. The van der Waals surface area contributed by atoms with Crippen LogP contribution in [0.25, 0.3) is 5.00 Å². The molecule has 0 radical (unpaired) electrons. The summed E-state index contributed by atoms with van der Waals surface area (Å²) < 4.78 is 16.7. The van der Waals surface area contributed by atoms with Crippen LogP contribution in [0.5, 0.6) is 0 Å². The third kappa shape index (κ3) is 6.62. The highest BCUT2D eigenvalue weighted by Crippen LogP contribution is 2.39. The van der Waals surface area contributed by atoms with Crippen molar-refractivity contribution < 1.29 is 9.18 Å². The summed E-state index contributed by atoms with van der Waals surface area (Å²) >= 11 is 1.70. The molecule has 7 heteroatoms. The minimum atomic E-state index is -0.420. The molecular formula is C34H39FN4OS. The van der Waals surface area contributed by atoms with Gasteiger partial charge in [-0.05, 0) is 68.7 Å². The Kier molecular flexibility index (Phi) is 8.88. The van der Waals surface area contributed by atoms with Crippen LogP contribution in [-0.4, -0.2) is 26.3 Å². The molecule has 214 valence electrons. The predicted molar refractivity (Wildman–Crippen MR) is 168 cm³/mol. The lowest BCUT2D eigenvalue weighted by molar-refractivity contribution is -0.117. The van der Waals surface area contributed by atoms with E-state index in [4.69, 9.17) is 4.99 Å². The van der Waals surface area contributed by atoms with Crippen LogP contribution in [0.15, 0.2) is 77.6 Å². The lowest BCUT2D eigenvalue weighted by Crippen LogP contribution is -2.09. The quantitative estimate of drug-likeness (QED) is 0.242. The summed E-state index contributed by atoms with van der Waals surface area (Å²) in [6.07, 6.45) is 6.59. The largest absolute Gasteiger partial charge is 0.300 e. The lowest BCUT2D eigenvalue weighted by atomic mass is 9.85. The Morgan fingerprint density at radius 2 is 1.83 bits per heavy atom.